The number of hydrogen-bond donors (Lipinski definition) is 2. The molecule has 1 fully saturated rings. The number of carbonyl (C=O) groups is 2. The first-order valence-electron chi connectivity index (χ1n) is 12.8. The van der Waals surface area contributed by atoms with Crippen LogP contribution in [0.1, 0.15) is 72.2 Å². The van der Waals surface area contributed by atoms with Crippen molar-refractivity contribution in [3.8, 4) is 11.3 Å². The van der Waals surface area contributed by atoms with E-state index < -0.39 is 0 Å². The lowest BCUT2D eigenvalue weighted by Gasteiger charge is -2.23. The van der Waals surface area contributed by atoms with Gasteiger partial charge in [0.05, 0.1) is 33.7 Å². The van der Waals surface area contributed by atoms with E-state index in [0.717, 1.165) is 34.7 Å². The number of hydrogen-bond acceptors (Lipinski definition) is 8. The minimum absolute atomic E-state index is 0.0260. The van der Waals surface area contributed by atoms with Crippen molar-refractivity contribution in [1.29, 1.82) is 0 Å². The van der Waals surface area contributed by atoms with Crippen LogP contribution in [0.25, 0.3) is 11.3 Å². The van der Waals surface area contributed by atoms with Gasteiger partial charge in [-0.15, -0.1) is 11.3 Å². The lowest BCUT2D eigenvalue weighted by atomic mass is 10.0. The summed E-state index contributed by atoms with van der Waals surface area (Å²) in [5, 5.41) is 9.74. The van der Waals surface area contributed by atoms with Crippen LogP contribution in [-0.2, 0) is 16.1 Å². The monoisotopic (exact) mass is 554 g/mol. The van der Waals surface area contributed by atoms with E-state index in [4.69, 9.17) is 16.3 Å². The Kier molecular flexibility index (Phi) is 7.92. The number of nitrogens with one attached hydrogen (secondary N) is 2. The summed E-state index contributed by atoms with van der Waals surface area (Å²) in [5.74, 6) is 0.428. The highest BCUT2D eigenvalue weighted by Crippen LogP contribution is 2.32. The Labute approximate surface area is 231 Å². The normalized spacial score (nSPS) is 16.6. The van der Waals surface area contributed by atoms with Gasteiger partial charge >= 0.3 is 0 Å². The number of aromatic nitrogens is 3. The number of nitrogens with zero attached hydrogens (tertiary/aromatic N) is 4. The predicted octanol–water partition coefficient (Wildman–Crippen LogP) is 4.80. The van der Waals surface area contributed by atoms with E-state index in [9.17, 15) is 9.59 Å². The Morgan fingerprint density at radius 3 is 2.76 bits per heavy atom. The van der Waals surface area contributed by atoms with Crippen LogP contribution in [-0.4, -0.2) is 57.5 Å². The standard InChI is InChI=1S/C27H31ClN6O3S/c1-15(2)25-32-22(14-38-25)16(3)30-23(35)13-34-12-18-5-4-17(10-20(18)26(34)36)24-21(28)11-29-27(33-24)31-19-6-8-37-9-7-19/h4-5,10-11,14-16,19H,6-9,12-13H2,1-3H3,(H,30,35)(H,29,31,33). The molecule has 1 unspecified atom stereocenters. The van der Waals surface area contributed by atoms with E-state index in [1.165, 1.54) is 0 Å². The van der Waals surface area contributed by atoms with E-state index in [1.807, 2.05) is 24.4 Å². The number of fused-ring (bicyclic) bond motifs is 1. The van der Waals surface area contributed by atoms with Crippen LogP contribution in [0, 0.1) is 0 Å². The van der Waals surface area contributed by atoms with Crippen molar-refractivity contribution in [3.05, 3.63) is 56.6 Å². The zero-order chi connectivity index (χ0) is 26.8. The van der Waals surface area contributed by atoms with E-state index in [0.29, 0.717) is 47.9 Å². The number of halogens is 1. The number of rotatable bonds is 8. The summed E-state index contributed by atoms with van der Waals surface area (Å²) in [6, 6.07) is 5.61. The molecule has 200 valence electrons. The molecule has 4 heterocycles. The van der Waals surface area contributed by atoms with Crippen LogP contribution in [0.3, 0.4) is 0 Å². The summed E-state index contributed by atoms with van der Waals surface area (Å²) < 4.78 is 5.42. The molecule has 11 heteroatoms. The highest BCUT2D eigenvalue weighted by atomic mass is 35.5. The summed E-state index contributed by atoms with van der Waals surface area (Å²) in [4.78, 5) is 41.1. The smallest absolute Gasteiger partial charge is 0.254 e. The van der Waals surface area contributed by atoms with Gasteiger partial charge < -0.3 is 20.3 Å². The van der Waals surface area contributed by atoms with Crippen molar-refractivity contribution in [3.63, 3.8) is 0 Å². The molecule has 9 nitrogen and oxygen atoms in total. The molecule has 0 radical (unpaired) electrons. The minimum Gasteiger partial charge on any atom is -0.381 e. The molecule has 2 N–H and O–H groups in total. The molecule has 3 aromatic rings. The Morgan fingerprint density at radius 1 is 1.24 bits per heavy atom. The zero-order valence-corrected chi connectivity index (χ0v) is 23.2. The Bertz CT molecular complexity index is 1340. The van der Waals surface area contributed by atoms with Crippen molar-refractivity contribution in [2.45, 2.75) is 58.2 Å². The van der Waals surface area contributed by atoms with Gasteiger partial charge in [0.2, 0.25) is 11.9 Å². The molecule has 1 aromatic carbocycles. The van der Waals surface area contributed by atoms with Crippen molar-refractivity contribution >= 4 is 40.7 Å². The van der Waals surface area contributed by atoms with Gasteiger partial charge in [0.25, 0.3) is 5.91 Å². The molecule has 2 aromatic heterocycles. The average Bonchev–Trinajstić information content (AvgIpc) is 3.51. The first-order chi connectivity index (χ1) is 18.3. The van der Waals surface area contributed by atoms with Gasteiger partial charge in [0, 0.05) is 48.2 Å². The number of ether oxygens (including phenoxy) is 1. The zero-order valence-electron chi connectivity index (χ0n) is 21.7. The molecule has 2 amide bonds. The maximum Gasteiger partial charge on any atom is 0.254 e. The highest BCUT2D eigenvalue weighted by molar-refractivity contribution is 7.09. The molecule has 0 saturated carbocycles. The number of amides is 2. The van der Waals surface area contributed by atoms with Crippen LogP contribution in [0.4, 0.5) is 5.95 Å². The fraction of sp³-hybridized carbons (Fsp3) is 0.444. The van der Waals surface area contributed by atoms with Gasteiger partial charge in [-0.3, -0.25) is 9.59 Å². The third kappa shape index (κ3) is 5.82. The fourth-order valence-electron chi connectivity index (χ4n) is 4.60. The third-order valence-corrected chi connectivity index (χ3v) is 8.19. The van der Waals surface area contributed by atoms with Crippen molar-refractivity contribution in [2.24, 2.45) is 0 Å². The molecule has 38 heavy (non-hydrogen) atoms. The van der Waals surface area contributed by atoms with E-state index in [1.54, 1.807) is 28.5 Å². The molecule has 0 spiro atoms. The Hall–Kier alpha value is -3.08. The highest BCUT2D eigenvalue weighted by Gasteiger charge is 2.30. The summed E-state index contributed by atoms with van der Waals surface area (Å²) >= 11 is 8.04. The predicted molar refractivity (Wildman–Crippen MR) is 147 cm³/mol. The number of anilines is 1. The Balaban J connectivity index is 1.25. The van der Waals surface area contributed by atoms with Gasteiger partial charge in [0.1, 0.15) is 6.54 Å². The minimum atomic E-state index is -0.234. The van der Waals surface area contributed by atoms with Gasteiger partial charge in [-0.05, 0) is 31.4 Å². The van der Waals surface area contributed by atoms with Crippen LogP contribution < -0.4 is 10.6 Å². The van der Waals surface area contributed by atoms with Gasteiger partial charge in [-0.2, -0.15) is 0 Å². The topological polar surface area (TPSA) is 109 Å². The van der Waals surface area contributed by atoms with E-state index in [-0.39, 0.29) is 30.4 Å². The molecule has 2 aliphatic heterocycles. The van der Waals surface area contributed by atoms with Crippen molar-refractivity contribution in [1.82, 2.24) is 25.2 Å². The molecular formula is C27H31ClN6O3S. The number of thiazole rings is 1. The maximum atomic E-state index is 13.2. The molecule has 1 saturated heterocycles. The van der Waals surface area contributed by atoms with Gasteiger partial charge in [-0.25, -0.2) is 15.0 Å². The van der Waals surface area contributed by atoms with E-state index in [2.05, 4.69) is 39.4 Å². The van der Waals surface area contributed by atoms with Crippen LogP contribution in [0.2, 0.25) is 5.02 Å². The van der Waals surface area contributed by atoms with Crippen LogP contribution >= 0.6 is 22.9 Å². The molecule has 1 atom stereocenters. The second kappa shape index (κ2) is 11.3. The summed E-state index contributed by atoms with van der Waals surface area (Å²) in [6.45, 7) is 7.86. The van der Waals surface area contributed by atoms with Gasteiger partial charge in [0.15, 0.2) is 0 Å². The molecular weight excluding hydrogens is 524 g/mol. The SMILES string of the molecule is CC(C)c1nc(C(C)NC(=O)CN2Cc3ccc(-c4nc(NC5CCOCC5)ncc4Cl)cc3C2=O)cs1. The van der Waals surface area contributed by atoms with Crippen molar-refractivity contribution in [2.75, 3.05) is 25.1 Å². The number of benzene rings is 1. The third-order valence-electron chi connectivity index (χ3n) is 6.75. The maximum absolute atomic E-state index is 13.2. The first kappa shape index (κ1) is 26.5. The first-order valence-corrected chi connectivity index (χ1v) is 14.1. The second-order valence-electron chi connectivity index (χ2n) is 10.0. The van der Waals surface area contributed by atoms with Crippen LogP contribution in [0.5, 0.6) is 0 Å². The lowest BCUT2D eigenvalue weighted by molar-refractivity contribution is -0.122. The summed E-state index contributed by atoms with van der Waals surface area (Å²) in [5.41, 5.74) is 3.54. The van der Waals surface area contributed by atoms with Gasteiger partial charge in [-0.1, -0.05) is 37.6 Å². The fourth-order valence-corrected chi connectivity index (χ4v) is 5.73. The number of carbonyl (C=O) groups excluding carboxylic acids is 2. The summed E-state index contributed by atoms with van der Waals surface area (Å²) in [7, 11) is 0. The van der Waals surface area contributed by atoms with Crippen molar-refractivity contribution < 1.29 is 14.3 Å². The molecule has 5 rings (SSSR count). The van der Waals surface area contributed by atoms with E-state index >= 15 is 0 Å². The molecule has 0 aliphatic carbocycles. The average molecular weight is 555 g/mol. The second-order valence-corrected chi connectivity index (χ2v) is 11.3. The van der Waals surface area contributed by atoms with Crippen LogP contribution in [0.15, 0.2) is 29.8 Å². The molecule has 2 aliphatic rings. The summed E-state index contributed by atoms with van der Waals surface area (Å²) in [6.07, 6.45) is 3.35. The largest absolute Gasteiger partial charge is 0.381 e. The quantitative estimate of drug-likeness (QED) is 0.411. The molecule has 0 bridgehead atoms. The Morgan fingerprint density at radius 2 is 2.03 bits per heavy atom. The lowest BCUT2D eigenvalue weighted by Crippen LogP contribution is -2.38.